The van der Waals surface area contributed by atoms with Crippen molar-refractivity contribution in [3.8, 4) is 6.07 Å². The summed E-state index contributed by atoms with van der Waals surface area (Å²) in [5, 5.41) is 8.56. The van der Waals surface area contributed by atoms with E-state index in [1.165, 1.54) is 6.33 Å². The first-order valence-corrected chi connectivity index (χ1v) is 3.93. The molecular formula is C9H11N3. The summed E-state index contributed by atoms with van der Waals surface area (Å²) < 4.78 is 0. The van der Waals surface area contributed by atoms with Gasteiger partial charge < -0.3 is 0 Å². The van der Waals surface area contributed by atoms with E-state index >= 15 is 0 Å². The quantitative estimate of drug-likeness (QED) is 0.661. The highest BCUT2D eigenvalue weighted by atomic mass is 14.8. The van der Waals surface area contributed by atoms with Crippen molar-refractivity contribution < 1.29 is 0 Å². The van der Waals surface area contributed by atoms with Crippen LogP contribution in [0, 0.1) is 17.2 Å². The molecule has 0 amide bonds. The van der Waals surface area contributed by atoms with Crippen molar-refractivity contribution in [2.45, 2.75) is 20.3 Å². The molecule has 62 valence electrons. The summed E-state index contributed by atoms with van der Waals surface area (Å²) in [7, 11) is 0. The molecule has 0 atom stereocenters. The van der Waals surface area contributed by atoms with Crippen molar-refractivity contribution in [1.82, 2.24) is 9.97 Å². The molecular weight excluding hydrogens is 150 g/mol. The van der Waals surface area contributed by atoms with E-state index in [4.69, 9.17) is 5.26 Å². The van der Waals surface area contributed by atoms with Gasteiger partial charge in [0.2, 0.25) is 0 Å². The van der Waals surface area contributed by atoms with Crippen LogP contribution in [0.1, 0.15) is 25.2 Å². The summed E-state index contributed by atoms with van der Waals surface area (Å²) in [6, 6.07) is 3.73. The number of nitriles is 1. The summed E-state index contributed by atoms with van der Waals surface area (Å²) in [5.74, 6) is 0.562. The zero-order chi connectivity index (χ0) is 8.97. The Kier molecular flexibility index (Phi) is 2.76. The largest absolute Gasteiger partial charge is 0.241 e. The molecule has 0 unspecified atom stereocenters. The van der Waals surface area contributed by atoms with Crippen molar-refractivity contribution in [2.24, 2.45) is 5.92 Å². The van der Waals surface area contributed by atoms with Gasteiger partial charge in [0.15, 0.2) is 0 Å². The van der Waals surface area contributed by atoms with Crippen LogP contribution in [0.3, 0.4) is 0 Å². The average molecular weight is 161 g/mol. The third kappa shape index (κ3) is 2.31. The average Bonchev–Trinajstić information content (AvgIpc) is 2.03. The van der Waals surface area contributed by atoms with E-state index in [1.54, 1.807) is 6.07 Å². The molecule has 0 aromatic carbocycles. The van der Waals surface area contributed by atoms with E-state index in [1.807, 2.05) is 6.07 Å². The highest BCUT2D eigenvalue weighted by Crippen LogP contribution is 2.04. The number of aromatic nitrogens is 2. The van der Waals surface area contributed by atoms with Crippen molar-refractivity contribution >= 4 is 0 Å². The second-order valence-corrected chi connectivity index (χ2v) is 3.10. The summed E-state index contributed by atoms with van der Waals surface area (Å²) in [6.45, 7) is 4.24. The smallest absolute Gasteiger partial charge is 0.144 e. The van der Waals surface area contributed by atoms with E-state index in [9.17, 15) is 0 Å². The number of rotatable bonds is 2. The second kappa shape index (κ2) is 3.82. The standard InChI is InChI=1S/C9H11N3/c1-7(2)3-8-4-9(5-10)12-6-11-8/h4,6-7H,3H2,1-2H3. The van der Waals surface area contributed by atoms with Gasteiger partial charge in [0.1, 0.15) is 18.1 Å². The van der Waals surface area contributed by atoms with Crippen molar-refractivity contribution in [3.05, 3.63) is 23.8 Å². The molecule has 3 heteroatoms. The lowest BCUT2D eigenvalue weighted by Gasteiger charge is -2.02. The molecule has 0 aliphatic carbocycles. The Labute approximate surface area is 72.1 Å². The molecule has 0 N–H and O–H groups in total. The third-order valence-electron chi connectivity index (χ3n) is 1.46. The number of hydrogen-bond acceptors (Lipinski definition) is 3. The van der Waals surface area contributed by atoms with Crippen LogP contribution in [0.5, 0.6) is 0 Å². The number of hydrogen-bond donors (Lipinski definition) is 0. The summed E-state index contributed by atoms with van der Waals surface area (Å²) in [6.07, 6.45) is 2.34. The lowest BCUT2D eigenvalue weighted by molar-refractivity contribution is 0.633. The lowest BCUT2D eigenvalue weighted by Crippen LogP contribution is -1.98. The van der Waals surface area contributed by atoms with E-state index < -0.39 is 0 Å². The van der Waals surface area contributed by atoms with Crippen LogP contribution >= 0.6 is 0 Å². The fraction of sp³-hybridized carbons (Fsp3) is 0.444. The molecule has 0 spiro atoms. The third-order valence-corrected chi connectivity index (χ3v) is 1.46. The van der Waals surface area contributed by atoms with Crippen molar-refractivity contribution in [3.63, 3.8) is 0 Å². The van der Waals surface area contributed by atoms with Crippen molar-refractivity contribution in [1.29, 1.82) is 5.26 Å². The molecule has 0 bridgehead atoms. The van der Waals surface area contributed by atoms with E-state index in [-0.39, 0.29) is 0 Å². The molecule has 0 aliphatic heterocycles. The second-order valence-electron chi connectivity index (χ2n) is 3.10. The van der Waals surface area contributed by atoms with Gasteiger partial charge in [-0.3, -0.25) is 0 Å². The van der Waals surface area contributed by atoms with Gasteiger partial charge in [0.05, 0.1) is 0 Å². The molecule has 1 aromatic heterocycles. The highest BCUT2D eigenvalue weighted by molar-refractivity contribution is 5.20. The maximum atomic E-state index is 8.56. The SMILES string of the molecule is CC(C)Cc1cc(C#N)ncn1. The fourth-order valence-electron chi connectivity index (χ4n) is 0.989. The monoisotopic (exact) mass is 161 g/mol. The fourth-order valence-corrected chi connectivity index (χ4v) is 0.989. The minimum Gasteiger partial charge on any atom is -0.241 e. The minimum atomic E-state index is 0.445. The molecule has 3 nitrogen and oxygen atoms in total. The van der Waals surface area contributed by atoms with Gasteiger partial charge in [-0.15, -0.1) is 0 Å². The molecule has 0 saturated heterocycles. The van der Waals surface area contributed by atoms with Crippen LogP contribution in [0.25, 0.3) is 0 Å². The Balaban J connectivity index is 2.81. The molecule has 0 radical (unpaired) electrons. The van der Waals surface area contributed by atoms with Crippen LogP contribution < -0.4 is 0 Å². The van der Waals surface area contributed by atoms with E-state index in [2.05, 4.69) is 23.8 Å². The van der Waals surface area contributed by atoms with E-state index in [0.29, 0.717) is 11.6 Å². The first-order chi connectivity index (χ1) is 5.72. The molecule has 1 rings (SSSR count). The molecule has 1 heterocycles. The normalized spacial score (nSPS) is 9.83. The Bertz CT molecular complexity index is 299. The molecule has 1 aromatic rings. The van der Waals surface area contributed by atoms with Crippen LogP contribution in [0.4, 0.5) is 0 Å². The summed E-state index contributed by atoms with van der Waals surface area (Å²) in [5.41, 5.74) is 1.39. The van der Waals surface area contributed by atoms with Gasteiger partial charge in [-0.25, -0.2) is 9.97 Å². The summed E-state index contributed by atoms with van der Waals surface area (Å²) >= 11 is 0. The maximum Gasteiger partial charge on any atom is 0.144 e. The maximum absolute atomic E-state index is 8.56. The Morgan fingerprint density at radius 1 is 1.50 bits per heavy atom. The first kappa shape index (κ1) is 8.66. The highest BCUT2D eigenvalue weighted by Gasteiger charge is 2.00. The predicted molar refractivity (Wildman–Crippen MR) is 45.3 cm³/mol. The zero-order valence-corrected chi connectivity index (χ0v) is 7.28. The van der Waals surface area contributed by atoms with Gasteiger partial charge in [-0.05, 0) is 18.4 Å². The van der Waals surface area contributed by atoms with Crippen LogP contribution in [-0.2, 0) is 6.42 Å². The minimum absolute atomic E-state index is 0.445. The predicted octanol–water partition coefficient (Wildman–Crippen LogP) is 1.55. The van der Waals surface area contributed by atoms with Gasteiger partial charge in [0, 0.05) is 5.69 Å². The Morgan fingerprint density at radius 2 is 2.25 bits per heavy atom. The Hall–Kier alpha value is -1.43. The number of nitrogens with zero attached hydrogens (tertiary/aromatic N) is 3. The molecule has 0 aliphatic rings. The molecule has 0 fully saturated rings. The Morgan fingerprint density at radius 3 is 2.83 bits per heavy atom. The summed E-state index contributed by atoms with van der Waals surface area (Å²) in [4.78, 5) is 7.86. The van der Waals surface area contributed by atoms with Gasteiger partial charge in [-0.1, -0.05) is 13.8 Å². The molecule has 12 heavy (non-hydrogen) atoms. The first-order valence-electron chi connectivity index (χ1n) is 3.93. The van der Waals surface area contributed by atoms with Crippen LogP contribution in [0.2, 0.25) is 0 Å². The van der Waals surface area contributed by atoms with Crippen LogP contribution in [0.15, 0.2) is 12.4 Å². The molecule has 0 saturated carbocycles. The van der Waals surface area contributed by atoms with Gasteiger partial charge in [0.25, 0.3) is 0 Å². The van der Waals surface area contributed by atoms with Crippen molar-refractivity contribution in [2.75, 3.05) is 0 Å². The topological polar surface area (TPSA) is 49.6 Å². The zero-order valence-electron chi connectivity index (χ0n) is 7.28. The van der Waals surface area contributed by atoms with E-state index in [0.717, 1.165) is 12.1 Å². The van der Waals surface area contributed by atoms with Crippen LogP contribution in [-0.4, -0.2) is 9.97 Å². The van der Waals surface area contributed by atoms with Gasteiger partial charge >= 0.3 is 0 Å². The van der Waals surface area contributed by atoms with Gasteiger partial charge in [-0.2, -0.15) is 5.26 Å². The lowest BCUT2D eigenvalue weighted by atomic mass is 10.1.